The van der Waals surface area contributed by atoms with Crippen LogP contribution >= 0.6 is 0 Å². The highest BCUT2D eigenvalue weighted by Gasteiger charge is 2.35. The highest BCUT2D eigenvalue weighted by atomic mass is 32.2. The van der Waals surface area contributed by atoms with Crippen LogP contribution in [0.5, 0.6) is 0 Å². The van der Waals surface area contributed by atoms with Crippen LogP contribution in [0.15, 0.2) is 35.2 Å². The molecule has 120 valence electrons. The molecular formula is C14H18N2O5S. The molecule has 0 spiro atoms. The zero-order valence-corrected chi connectivity index (χ0v) is 13.0. The van der Waals surface area contributed by atoms with Gasteiger partial charge in [-0.2, -0.15) is 4.31 Å². The summed E-state index contributed by atoms with van der Waals surface area (Å²) in [5.74, 6) is -1.55. The Kier molecular flexibility index (Phi) is 4.82. The highest BCUT2D eigenvalue weighted by molar-refractivity contribution is 7.89. The van der Waals surface area contributed by atoms with Gasteiger partial charge in [-0.15, -0.1) is 0 Å². The molecule has 8 heteroatoms. The van der Waals surface area contributed by atoms with E-state index in [1.165, 1.54) is 24.1 Å². The molecule has 1 heterocycles. The average molecular weight is 326 g/mol. The molecule has 0 aromatic heterocycles. The van der Waals surface area contributed by atoms with Crippen molar-refractivity contribution in [3.63, 3.8) is 0 Å². The molecule has 1 N–H and O–H groups in total. The fourth-order valence-electron chi connectivity index (χ4n) is 2.46. The standard InChI is InChI=1S/C14H18N2O5S/c1-15(22(20,21)11-6-3-2-4-7-11)10-13(17)16-9-5-8-12(16)14(18)19/h2-4,6-7,12H,5,8-10H2,1H3,(H,18,19)/t12-/m1/s1. The first-order valence-electron chi connectivity index (χ1n) is 6.87. The van der Waals surface area contributed by atoms with Crippen LogP contribution < -0.4 is 0 Å². The number of hydrogen-bond donors (Lipinski definition) is 1. The van der Waals surface area contributed by atoms with E-state index >= 15 is 0 Å². The van der Waals surface area contributed by atoms with Crippen molar-refractivity contribution in [1.29, 1.82) is 0 Å². The summed E-state index contributed by atoms with van der Waals surface area (Å²) in [5.41, 5.74) is 0. The summed E-state index contributed by atoms with van der Waals surface area (Å²) in [4.78, 5) is 24.6. The lowest BCUT2D eigenvalue weighted by atomic mass is 10.2. The number of carboxylic acid groups (broad SMARTS) is 1. The molecule has 0 aliphatic carbocycles. The monoisotopic (exact) mass is 326 g/mol. The molecule has 0 radical (unpaired) electrons. The number of carbonyl (C=O) groups excluding carboxylic acids is 1. The predicted octanol–water partition coefficient (Wildman–Crippen LogP) is 0.383. The molecule has 0 unspecified atom stereocenters. The molecule has 7 nitrogen and oxygen atoms in total. The van der Waals surface area contributed by atoms with Crippen LogP contribution in [-0.4, -0.2) is 60.8 Å². The van der Waals surface area contributed by atoms with Gasteiger partial charge >= 0.3 is 5.97 Å². The van der Waals surface area contributed by atoms with E-state index in [1.54, 1.807) is 18.2 Å². The fourth-order valence-corrected chi connectivity index (χ4v) is 3.60. The van der Waals surface area contributed by atoms with E-state index in [2.05, 4.69) is 0 Å². The molecule has 1 fully saturated rings. The van der Waals surface area contributed by atoms with Crippen molar-refractivity contribution >= 4 is 21.9 Å². The molecule has 0 bridgehead atoms. The van der Waals surface area contributed by atoms with Crippen LogP contribution in [0, 0.1) is 0 Å². The number of likely N-dealkylation sites (tertiary alicyclic amines) is 1. The molecule has 1 aliphatic heterocycles. The van der Waals surface area contributed by atoms with Crippen LogP contribution in [0.4, 0.5) is 0 Å². The van der Waals surface area contributed by atoms with Crippen LogP contribution in [0.25, 0.3) is 0 Å². The van der Waals surface area contributed by atoms with Gasteiger partial charge in [-0.05, 0) is 25.0 Å². The van der Waals surface area contributed by atoms with Crippen molar-refractivity contribution < 1.29 is 23.1 Å². The first kappa shape index (κ1) is 16.4. The molecule has 0 saturated carbocycles. The Balaban J connectivity index is 2.10. The zero-order valence-electron chi connectivity index (χ0n) is 12.2. The van der Waals surface area contributed by atoms with Crippen molar-refractivity contribution in [1.82, 2.24) is 9.21 Å². The van der Waals surface area contributed by atoms with Crippen molar-refractivity contribution in [2.45, 2.75) is 23.8 Å². The van der Waals surface area contributed by atoms with Gasteiger partial charge in [-0.25, -0.2) is 13.2 Å². The third-order valence-electron chi connectivity index (χ3n) is 3.67. The van der Waals surface area contributed by atoms with Crippen molar-refractivity contribution in [3.05, 3.63) is 30.3 Å². The highest BCUT2D eigenvalue weighted by Crippen LogP contribution is 2.19. The van der Waals surface area contributed by atoms with Gasteiger partial charge < -0.3 is 10.0 Å². The van der Waals surface area contributed by atoms with Gasteiger partial charge in [0.05, 0.1) is 11.4 Å². The molecule has 1 aromatic carbocycles. The van der Waals surface area contributed by atoms with Gasteiger partial charge in [0.25, 0.3) is 0 Å². The van der Waals surface area contributed by atoms with Gasteiger partial charge in [-0.1, -0.05) is 18.2 Å². The van der Waals surface area contributed by atoms with Crippen molar-refractivity contribution in [3.8, 4) is 0 Å². The van der Waals surface area contributed by atoms with E-state index in [4.69, 9.17) is 5.11 Å². The number of nitrogens with zero attached hydrogens (tertiary/aromatic N) is 2. The first-order valence-corrected chi connectivity index (χ1v) is 8.31. The molecule has 1 aromatic rings. The number of benzene rings is 1. The Bertz CT molecular complexity index is 659. The van der Waals surface area contributed by atoms with E-state index in [1.807, 2.05) is 0 Å². The minimum Gasteiger partial charge on any atom is -0.480 e. The third-order valence-corrected chi connectivity index (χ3v) is 5.49. The molecule has 1 atom stereocenters. The van der Waals surface area contributed by atoms with Crippen LogP contribution in [-0.2, 0) is 19.6 Å². The summed E-state index contributed by atoms with van der Waals surface area (Å²) in [5, 5.41) is 9.08. The van der Waals surface area contributed by atoms with Crippen LogP contribution in [0.3, 0.4) is 0 Å². The minimum atomic E-state index is -3.76. The van der Waals surface area contributed by atoms with E-state index in [-0.39, 0.29) is 11.4 Å². The summed E-state index contributed by atoms with van der Waals surface area (Å²) in [6, 6.07) is 6.94. The number of hydrogen-bond acceptors (Lipinski definition) is 4. The Morgan fingerprint density at radius 1 is 1.32 bits per heavy atom. The Labute approximate surface area is 129 Å². The summed E-state index contributed by atoms with van der Waals surface area (Å²) in [6.07, 6.45) is 1.01. The number of rotatable bonds is 5. The minimum absolute atomic E-state index is 0.0986. The molecule has 22 heavy (non-hydrogen) atoms. The van der Waals surface area contributed by atoms with E-state index in [0.29, 0.717) is 19.4 Å². The number of carbonyl (C=O) groups is 2. The largest absolute Gasteiger partial charge is 0.480 e. The maximum atomic E-state index is 12.3. The fraction of sp³-hybridized carbons (Fsp3) is 0.429. The number of sulfonamides is 1. The van der Waals surface area contributed by atoms with Gasteiger partial charge in [0.2, 0.25) is 15.9 Å². The average Bonchev–Trinajstić information content (AvgIpc) is 2.97. The topological polar surface area (TPSA) is 95.0 Å². The number of amides is 1. The van der Waals surface area contributed by atoms with Gasteiger partial charge in [0, 0.05) is 13.6 Å². The van der Waals surface area contributed by atoms with E-state index in [9.17, 15) is 18.0 Å². The molecule has 2 rings (SSSR count). The second-order valence-electron chi connectivity index (χ2n) is 5.16. The van der Waals surface area contributed by atoms with Gasteiger partial charge in [0.15, 0.2) is 0 Å². The lowest BCUT2D eigenvalue weighted by molar-refractivity contribution is -0.148. The molecule has 1 amide bonds. The van der Waals surface area contributed by atoms with Gasteiger partial charge in [0.1, 0.15) is 6.04 Å². The van der Waals surface area contributed by atoms with Gasteiger partial charge in [-0.3, -0.25) is 4.79 Å². The summed E-state index contributed by atoms with van der Waals surface area (Å²) in [6.45, 7) is -0.0317. The summed E-state index contributed by atoms with van der Waals surface area (Å²) in [7, 11) is -2.45. The van der Waals surface area contributed by atoms with Crippen LogP contribution in [0.2, 0.25) is 0 Å². The summed E-state index contributed by atoms with van der Waals surface area (Å²) >= 11 is 0. The number of carboxylic acids is 1. The Hall–Kier alpha value is -1.93. The first-order chi connectivity index (χ1) is 10.3. The SMILES string of the molecule is CN(CC(=O)N1CCC[C@@H]1C(=O)O)S(=O)(=O)c1ccccc1. The predicted molar refractivity (Wildman–Crippen MR) is 78.6 cm³/mol. The maximum absolute atomic E-state index is 12.3. The third kappa shape index (κ3) is 3.28. The normalized spacial score (nSPS) is 18.6. The maximum Gasteiger partial charge on any atom is 0.326 e. The summed E-state index contributed by atoms with van der Waals surface area (Å²) < 4.78 is 25.6. The van der Waals surface area contributed by atoms with Crippen LogP contribution in [0.1, 0.15) is 12.8 Å². The van der Waals surface area contributed by atoms with Crippen molar-refractivity contribution in [2.24, 2.45) is 0 Å². The second-order valence-corrected chi connectivity index (χ2v) is 7.20. The molecular weight excluding hydrogens is 308 g/mol. The quantitative estimate of drug-likeness (QED) is 0.844. The smallest absolute Gasteiger partial charge is 0.326 e. The number of likely N-dealkylation sites (N-methyl/N-ethyl adjacent to an activating group) is 1. The zero-order chi connectivity index (χ0) is 16.3. The number of aliphatic carboxylic acids is 1. The lowest BCUT2D eigenvalue weighted by Gasteiger charge is -2.24. The second kappa shape index (κ2) is 6.45. The Morgan fingerprint density at radius 2 is 1.95 bits per heavy atom. The van der Waals surface area contributed by atoms with E-state index in [0.717, 1.165) is 4.31 Å². The van der Waals surface area contributed by atoms with Crippen molar-refractivity contribution in [2.75, 3.05) is 20.1 Å². The lowest BCUT2D eigenvalue weighted by Crippen LogP contribution is -2.45. The molecule has 1 aliphatic rings. The van der Waals surface area contributed by atoms with E-state index < -0.39 is 27.9 Å². The Morgan fingerprint density at radius 3 is 2.55 bits per heavy atom. The molecule has 1 saturated heterocycles.